The number of aromatic nitrogens is 2. The molecule has 1 aromatic carbocycles. The summed E-state index contributed by atoms with van der Waals surface area (Å²) in [7, 11) is 0. The highest BCUT2D eigenvalue weighted by Gasteiger charge is 2.17. The minimum Gasteiger partial charge on any atom is -0.245 e. The number of benzene rings is 1. The van der Waals surface area contributed by atoms with Crippen LogP contribution >= 0.6 is 38.9 Å². The molecule has 2 aromatic heterocycles. The van der Waals surface area contributed by atoms with Crippen molar-refractivity contribution in [1.82, 2.24) is 9.97 Å². The van der Waals surface area contributed by atoms with Crippen LogP contribution in [0, 0.1) is 17.1 Å². The Bertz CT molecular complexity index is 833. The van der Waals surface area contributed by atoms with Gasteiger partial charge in [-0.15, -0.1) is 11.3 Å². The summed E-state index contributed by atoms with van der Waals surface area (Å²) in [5.41, 5.74) is 1.14. The molecule has 0 atom stereocenters. The van der Waals surface area contributed by atoms with Crippen LogP contribution in [0.2, 0.25) is 5.02 Å². The van der Waals surface area contributed by atoms with E-state index in [2.05, 4.69) is 32.0 Å². The van der Waals surface area contributed by atoms with Crippen LogP contribution in [0.5, 0.6) is 0 Å². The van der Waals surface area contributed by atoms with E-state index in [0.29, 0.717) is 30.5 Å². The smallest absolute Gasteiger partial charge is 0.168 e. The standard InChI is InChI=1S/C13H4BrClFN3S/c14-12-11-10(8(16)5-18-12)19-13(20-11)9-6(4-17)2-1-3-7(9)15/h1-3,5H. The Morgan fingerprint density at radius 3 is 2.90 bits per heavy atom. The van der Waals surface area contributed by atoms with Crippen molar-refractivity contribution in [2.75, 3.05) is 0 Å². The van der Waals surface area contributed by atoms with Crippen molar-refractivity contribution < 1.29 is 4.39 Å². The molecule has 7 heteroatoms. The van der Waals surface area contributed by atoms with Crippen LogP contribution in [0.4, 0.5) is 4.39 Å². The molecule has 0 aliphatic heterocycles. The lowest BCUT2D eigenvalue weighted by atomic mass is 10.1. The number of pyridine rings is 1. The Labute approximate surface area is 130 Å². The van der Waals surface area contributed by atoms with Crippen molar-refractivity contribution in [3.05, 3.63) is 45.4 Å². The van der Waals surface area contributed by atoms with Gasteiger partial charge in [-0.1, -0.05) is 17.7 Å². The van der Waals surface area contributed by atoms with Crippen molar-refractivity contribution in [2.45, 2.75) is 0 Å². The van der Waals surface area contributed by atoms with Gasteiger partial charge in [-0.25, -0.2) is 14.4 Å². The van der Waals surface area contributed by atoms with E-state index in [1.54, 1.807) is 18.2 Å². The highest BCUT2D eigenvalue weighted by atomic mass is 79.9. The van der Waals surface area contributed by atoms with Crippen LogP contribution in [0.3, 0.4) is 0 Å². The fraction of sp³-hybridized carbons (Fsp3) is 0. The van der Waals surface area contributed by atoms with Gasteiger partial charge in [0.15, 0.2) is 5.82 Å². The third-order valence-electron chi connectivity index (χ3n) is 2.68. The molecule has 0 bridgehead atoms. The fourth-order valence-corrected chi connectivity index (χ4v) is 3.68. The number of fused-ring (bicyclic) bond motifs is 1. The van der Waals surface area contributed by atoms with Gasteiger partial charge in [-0.3, -0.25) is 0 Å². The number of nitrogens with zero attached hydrogens (tertiary/aromatic N) is 3. The van der Waals surface area contributed by atoms with Crippen LogP contribution in [0.25, 0.3) is 20.8 Å². The summed E-state index contributed by atoms with van der Waals surface area (Å²) in [6.45, 7) is 0. The SMILES string of the molecule is N#Cc1cccc(Cl)c1-c1nc2c(F)cnc(Br)c2s1. The van der Waals surface area contributed by atoms with Gasteiger partial charge in [0.2, 0.25) is 0 Å². The second-order valence-electron chi connectivity index (χ2n) is 3.87. The first-order valence-corrected chi connectivity index (χ1v) is 7.40. The second kappa shape index (κ2) is 5.09. The quantitative estimate of drug-likeness (QED) is 0.581. The third kappa shape index (κ3) is 2.08. The Kier molecular flexibility index (Phi) is 3.42. The predicted octanol–water partition coefficient (Wildman–Crippen LogP) is 4.78. The van der Waals surface area contributed by atoms with Crippen molar-refractivity contribution in [3.63, 3.8) is 0 Å². The molecule has 0 aliphatic rings. The van der Waals surface area contributed by atoms with Gasteiger partial charge in [-0.2, -0.15) is 5.26 Å². The van der Waals surface area contributed by atoms with E-state index < -0.39 is 5.82 Å². The van der Waals surface area contributed by atoms with Crippen molar-refractivity contribution in [3.8, 4) is 16.6 Å². The van der Waals surface area contributed by atoms with E-state index in [1.165, 1.54) is 11.3 Å². The Morgan fingerprint density at radius 2 is 2.20 bits per heavy atom. The molecule has 0 radical (unpaired) electrons. The van der Waals surface area contributed by atoms with Crippen LogP contribution in [0.15, 0.2) is 29.0 Å². The fourth-order valence-electron chi connectivity index (χ4n) is 1.80. The molecule has 0 N–H and O–H groups in total. The number of nitriles is 1. The summed E-state index contributed by atoms with van der Waals surface area (Å²) in [5, 5.41) is 10.1. The van der Waals surface area contributed by atoms with Crippen molar-refractivity contribution in [1.29, 1.82) is 5.26 Å². The Hall–Kier alpha value is -1.55. The lowest BCUT2D eigenvalue weighted by Gasteiger charge is -2.01. The molecule has 20 heavy (non-hydrogen) atoms. The normalized spacial score (nSPS) is 10.7. The van der Waals surface area contributed by atoms with Crippen LogP contribution in [0.1, 0.15) is 5.56 Å². The zero-order chi connectivity index (χ0) is 14.3. The average Bonchev–Trinajstić information content (AvgIpc) is 2.88. The number of halogens is 3. The first-order valence-electron chi connectivity index (χ1n) is 5.41. The van der Waals surface area contributed by atoms with Crippen molar-refractivity contribution >= 4 is 49.1 Å². The third-order valence-corrected chi connectivity index (χ3v) is 4.94. The molecule has 0 fully saturated rings. The van der Waals surface area contributed by atoms with E-state index in [-0.39, 0.29) is 5.52 Å². The lowest BCUT2D eigenvalue weighted by molar-refractivity contribution is 0.631. The summed E-state index contributed by atoms with van der Waals surface area (Å²) in [6.07, 6.45) is 1.10. The number of rotatable bonds is 1. The maximum atomic E-state index is 13.7. The van der Waals surface area contributed by atoms with Crippen LogP contribution in [-0.4, -0.2) is 9.97 Å². The monoisotopic (exact) mass is 367 g/mol. The van der Waals surface area contributed by atoms with Gasteiger partial charge in [0.05, 0.1) is 27.6 Å². The predicted molar refractivity (Wildman–Crippen MR) is 80.2 cm³/mol. The molecule has 0 unspecified atom stereocenters. The number of hydrogen-bond donors (Lipinski definition) is 0. The Balaban J connectivity index is 2.35. The summed E-state index contributed by atoms with van der Waals surface area (Å²) in [6, 6.07) is 7.08. The molecule has 0 amide bonds. The van der Waals surface area contributed by atoms with Gasteiger partial charge in [0.1, 0.15) is 15.1 Å². The van der Waals surface area contributed by atoms with E-state index in [0.717, 1.165) is 6.20 Å². The summed E-state index contributed by atoms with van der Waals surface area (Å²) in [5.74, 6) is -0.503. The van der Waals surface area contributed by atoms with E-state index in [9.17, 15) is 4.39 Å². The van der Waals surface area contributed by atoms with E-state index >= 15 is 0 Å². The molecule has 98 valence electrons. The first-order chi connectivity index (χ1) is 9.61. The molecule has 0 saturated carbocycles. The van der Waals surface area contributed by atoms with E-state index in [1.807, 2.05) is 0 Å². The van der Waals surface area contributed by atoms with Gasteiger partial charge in [-0.05, 0) is 28.1 Å². The maximum absolute atomic E-state index is 13.7. The Morgan fingerprint density at radius 1 is 1.40 bits per heavy atom. The number of thiazole rings is 1. The van der Waals surface area contributed by atoms with Gasteiger partial charge in [0.25, 0.3) is 0 Å². The lowest BCUT2D eigenvalue weighted by Crippen LogP contribution is -1.85. The zero-order valence-corrected chi connectivity index (χ0v) is 12.9. The minimum absolute atomic E-state index is 0.218. The molecule has 3 nitrogen and oxygen atoms in total. The molecule has 0 aliphatic carbocycles. The highest BCUT2D eigenvalue weighted by Crippen LogP contribution is 2.38. The minimum atomic E-state index is -0.503. The van der Waals surface area contributed by atoms with Gasteiger partial charge >= 0.3 is 0 Å². The van der Waals surface area contributed by atoms with Crippen molar-refractivity contribution in [2.24, 2.45) is 0 Å². The molecular weight excluding hydrogens is 365 g/mol. The van der Waals surface area contributed by atoms with Crippen LogP contribution < -0.4 is 0 Å². The molecular formula is C13H4BrClFN3S. The number of hydrogen-bond acceptors (Lipinski definition) is 4. The molecule has 0 saturated heterocycles. The van der Waals surface area contributed by atoms with Gasteiger partial charge < -0.3 is 0 Å². The molecule has 2 heterocycles. The molecule has 3 aromatic rings. The molecule has 0 spiro atoms. The summed E-state index contributed by atoms with van der Waals surface area (Å²) in [4.78, 5) is 8.14. The highest BCUT2D eigenvalue weighted by molar-refractivity contribution is 9.10. The molecule has 3 rings (SSSR count). The van der Waals surface area contributed by atoms with Crippen LogP contribution in [-0.2, 0) is 0 Å². The van der Waals surface area contributed by atoms with Gasteiger partial charge in [0, 0.05) is 5.56 Å². The van der Waals surface area contributed by atoms with E-state index in [4.69, 9.17) is 16.9 Å². The largest absolute Gasteiger partial charge is 0.245 e. The second-order valence-corrected chi connectivity index (χ2v) is 6.03. The topological polar surface area (TPSA) is 49.6 Å². The maximum Gasteiger partial charge on any atom is 0.168 e. The first kappa shape index (κ1) is 13.4. The zero-order valence-electron chi connectivity index (χ0n) is 9.69. The summed E-state index contributed by atoms with van der Waals surface area (Å²) >= 11 is 10.6. The average molecular weight is 369 g/mol. The summed E-state index contributed by atoms with van der Waals surface area (Å²) < 4.78 is 14.8.